The maximum Gasteiger partial charge on any atom is 0.0752 e. The molecule has 1 N–H and O–H groups in total. The minimum Gasteiger partial charge on any atom is -0.389 e. The molecule has 0 amide bonds. The fraction of sp³-hybridized carbons (Fsp3) is 0.889. The van der Waals surface area contributed by atoms with E-state index >= 15 is 0 Å². The van der Waals surface area contributed by atoms with Crippen LogP contribution in [0.2, 0.25) is 0 Å². The van der Waals surface area contributed by atoms with E-state index in [2.05, 4.69) is 0 Å². The lowest BCUT2D eigenvalue weighted by molar-refractivity contribution is 0.0357. The van der Waals surface area contributed by atoms with Crippen LogP contribution < -0.4 is 0 Å². The van der Waals surface area contributed by atoms with Gasteiger partial charge >= 0.3 is 0 Å². The molecular formula is C9H15NO2. The standard InChI is InChI=1S/C9H15NO2/c1-9(11,3-4-10)6-8-2-5-12-7-8/h8,11H,2-3,5-7H2,1H3. The van der Waals surface area contributed by atoms with Crippen LogP contribution in [0.1, 0.15) is 26.2 Å². The Morgan fingerprint density at radius 2 is 2.50 bits per heavy atom. The number of hydrogen-bond acceptors (Lipinski definition) is 3. The Balaban J connectivity index is 2.33. The highest BCUT2D eigenvalue weighted by molar-refractivity contribution is 4.87. The monoisotopic (exact) mass is 169 g/mol. The van der Waals surface area contributed by atoms with E-state index in [0.717, 1.165) is 19.6 Å². The summed E-state index contributed by atoms with van der Waals surface area (Å²) < 4.78 is 5.19. The highest BCUT2D eigenvalue weighted by atomic mass is 16.5. The highest BCUT2D eigenvalue weighted by Crippen LogP contribution is 2.25. The van der Waals surface area contributed by atoms with Crippen molar-refractivity contribution in [2.45, 2.75) is 31.8 Å². The summed E-state index contributed by atoms with van der Waals surface area (Å²) in [6.07, 6.45) is 1.91. The van der Waals surface area contributed by atoms with Crippen LogP contribution >= 0.6 is 0 Å². The van der Waals surface area contributed by atoms with Gasteiger partial charge in [-0.2, -0.15) is 5.26 Å². The number of ether oxygens (including phenoxy) is 1. The molecule has 0 saturated carbocycles. The molecule has 1 saturated heterocycles. The maximum atomic E-state index is 9.70. The summed E-state index contributed by atoms with van der Waals surface area (Å²) in [5, 5.41) is 18.1. The van der Waals surface area contributed by atoms with Crippen LogP contribution in [0.4, 0.5) is 0 Å². The van der Waals surface area contributed by atoms with E-state index in [4.69, 9.17) is 10.00 Å². The van der Waals surface area contributed by atoms with E-state index in [-0.39, 0.29) is 6.42 Å². The first-order valence-electron chi connectivity index (χ1n) is 4.31. The van der Waals surface area contributed by atoms with Gasteiger partial charge in [0.15, 0.2) is 0 Å². The predicted molar refractivity (Wildman–Crippen MR) is 44.4 cm³/mol. The van der Waals surface area contributed by atoms with Crippen LogP contribution in [0.25, 0.3) is 0 Å². The molecule has 0 bridgehead atoms. The SMILES string of the molecule is CC(O)(CC#N)CC1CCOC1. The van der Waals surface area contributed by atoms with Gasteiger partial charge in [0.05, 0.1) is 18.1 Å². The first-order chi connectivity index (χ1) is 5.64. The lowest BCUT2D eigenvalue weighted by Gasteiger charge is -2.22. The second-order valence-electron chi connectivity index (χ2n) is 3.77. The van der Waals surface area contributed by atoms with Gasteiger partial charge in [-0.05, 0) is 25.7 Å². The van der Waals surface area contributed by atoms with Crippen molar-refractivity contribution in [3.05, 3.63) is 0 Å². The molecule has 0 aliphatic carbocycles. The molecule has 0 spiro atoms. The molecule has 2 atom stereocenters. The molecule has 1 rings (SSSR count). The summed E-state index contributed by atoms with van der Waals surface area (Å²) in [5.41, 5.74) is -0.826. The normalized spacial score (nSPS) is 27.9. The van der Waals surface area contributed by atoms with Gasteiger partial charge in [0.25, 0.3) is 0 Å². The molecule has 0 aromatic rings. The molecule has 1 fully saturated rings. The summed E-state index contributed by atoms with van der Waals surface area (Å²) in [4.78, 5) is 0. The Kier molecular flexibility index (Phi) is 3.07. The van der Waals surface area contributed by atoms with Crippen LogP contribution in [-0.4, -0.2) is 23.9 Å². The third kappa shape index (κ3) is 2.80. The molecule has 0 radical (unpaired) electrons. The zero-order chi connectivity index (χ0) is 9.03. The van der Waals surface area contributed by atoms with Gasteiger partial charge in [-0.25, -0.2) is 0 Å². The Labute approximate surface area is 73.0 Å². The van der Waals surface area contributed by atoms with Crippen molar-refractivity contribution in [1.82, 2.24) is 0 Å². The third-order valence-corrected chi connectivity index (χ3v) is 2.21. The minimum absolute atomic E-state index is 0.212. The molecular weight excluding hydrogens is 154 g/mol. The molecule has 12 heavy (non-hydrogen) atoms. The maximum absolute atomic E-state index is 9.70. The Hall–Kier alpha value is -0.590. The van der Waals surface area contributed by atoms with E-state index in [0.29, 0.717) is 12.3 Å². The van der Waals surface area contributed by atoms with Gasteiger partial charge in [-0.1, -0.05) is 0 Å². The van der Waals surface area contributed by atoms with Gasteiger partial charge in [0.2, 0.25) is 0 Å². The summed E-state index contributed by atoms with van der Waals surface area (Å²) >= 11 is 0. The number of hydrogen-bond donors (Lipinski definition) is 1. The number of rotatable bonds is 3. The number of nitrogens with zero attached hydrogens (tertiary/aromatic N) is 1. The summed E-state index contributed by atoms with van der Waals surface area (Å²) in [5.74, 6) is 0.438. The fourth-order valence-electron chi connectivity index (χ4n) is 1.61. The molecule has 68 valence electrons. The number of nitriles is 1. The van der Waals surface area contributed by atoms with Crippen molar-refractivity contribution in [2.75, 3.05) is 13.2 Å². The number of aliphatic hydroxyl groups is 1. The summed E-state index contributed by atoms with van der Waals surface area (Å²) in [7, 11) is 0. The van der Waals surface area contributed by atoms with E-state index in [9.17, 15) is 5.11 Å². The molecule has 0 aromatic carbocycles. The second kappa shape index (κ2) is 3.88. The van der Waals surface area contributed by atoms with E-state index in [1.807, 2.05) is 6.07 Å². The van der Waals surface area contributed by atoms with Crippen molar-refractivity contribution < 1.29 is 9.84 Å². The van der Waals surface area contributed by atoms with Gasteiger partial charge < -0.3 is 9.84 Å². The molecule has 3 nitrogen and oxygen atoms in total. The van der Waals surface area contributed by atoms with Gasteiger partial charge in [-0.3, -0.25) is 0 Å². The van der Waals surface area contributed by atoms with E-state index in [1.165, 1.54) is 0 Å². The average molecular weight is 169 g/mol. The zero-order valence-corrected chi connectivity index (χ0v) is 7.42. The lowest BCUT2D eigenvalue weighted by atomic mass is 9.89. The van der Waals surface area contributed by atoms with Crippen molar-refractivity contribution in [2.24, 2.45) is 5.92 Å². The van der Waals surface area contributed by atoms with Crippen molar-refractivity contribution >= 4 is 0 Å². The van der Waals surface area contributed by atoms with Gasteiger partial charge in [0, 0.05) is 13.2 Å². The Bertz CT molecular complexity index is 177. The first kappa shape index (κ1) is 9.50. The molecule has 3 heteroatoms. The van der Waals surface area contributed by atoms with Crippen LogP contribution in [0.3, 0.4) is 0 Å². The molecule has 2 unspecified atom stereocenters. The summed E-state index contributed by atoms with van der Waals surface area (Å²) in [6.45, 7) is 3.25. The largest absolute Gasteiger partial charge is 0.389 e. The van der Waals surface area contributed by atoms with E-state index < -0.39 is 5.60 Å². The Morgan fingerprint density at radius 1 is 1.75 bits per heavy atom. The second-order valence-corrected chi connectivity index (χ2v) is 3.77. The molecule has 1 aliphatic rings. The van der Waals surface area contributed by atoms with Gasteiger partial charge in [0.1, 0.15) is 0 Å². The average Bonchev–Trinajstić information content (AvgIpc) is 2.38. The first-order valence-corrected chi connectivity index (χ1v) is 4.31. The zero-order valence-electron chi connectivity index (χ0n) is 7.42. The van der Waals surface area contributed by atoms with Crippen molar-refractivity contribution in [1.29, 1.82) is 5.26 Å². The summed E-state index contributed by atoms with van der Waals surface area (Å²) in [6, 6.07) is 1.99. The molecule has 1 heterocycles. The molecule has 1 aliphatic heterocycles. The molecule has 0 aromatic heterocycles. The topological polar surface area (TPSA) is 53.2 Å². The predicted octanol–water partition coefficient (Wildman–Crippen LogP) is 1.08. The van der Waals surface area contributed by atoms with Crippen LogP contribution in [0.5, 0.6) is 0 Å². The third-order valence-electron chi connectivity index (χ3n) is 2.21. The van der Waals surface area contributed by atoms with E-state index in [1.54, 1.807) is 6.92 Å². The van der Waals surface area contributed by atoms with Crippen molar-refractivity contribution in [3.8, 4) is 6.07 Å². The van der Waals surface area contributed by atoms with Crippen molar-refractivity contribution in [3.63, 3.8) is 0 Å². The highest BCUT2D eigenvalue weighted by Gasteiger charge is 2.27. The van der Waals surface area contributed by atoms with Crippen LogP contribution in [0, 0.1) is 17.2 Å². The van der Waals surface area contributed by atoms with Crippen LogP contribution in [0.15, 0.2) is 0 Å². The quantitative estimate of drug-likeness (QED) is 0.687. The Morgan fingerprint density at radius 3 is 3.00 bits per heavy atom. The fourth-order valence-corrected chi connectivity index (χ4v) is 1.61. The minimum atomic E-state index is -0.826. The van der Waals surface area contributed by atoms with Gasteiger partial charge in [-0.15, -0.1) is 0 Å². The lowest BCUT2D eigenvalue weighted by Crippen LogP contribution is -2.27. The smallest absolute Gasteiger partial charge is 0.0752 e. The van der Waals surface area contributed by atoms with Crippen LogP contribution in [-0.2, 0) is 4.74 Å².